The number of carboxylic acid groups (broad SMARTS) is 1. The zero-order chi connectivity index (χ0) is 15.4. The molecule has 0 saturated carbocycles. The number of carbonyl (C=O) groups is 1. The topological polar surface area (TPSA) is 40.5 Å². The molecule has 21 heavy (non-hydrogen) atoms. The third kappa shape index (κ3) is 3.70. The molecule has 0 amide bonds. The molecule has 0 unspecified atom stereocenters. The molecule has 3 nitrogen and oxygen atoms in total. The van der Waals surface area contributed by atoms with E-state index in [1.165, 1.54) is 12.1 Å². The van der Waals surface area contributed by atoms with E-state index in [1.807, 2.05) is 6.07 Å². The highest BCUT2D eigenvalue weighted by Gasteiger charge is 2.12. The van der Waals surface area contributed by atoms with Gasteiger partial charge in [0, 0.05) is 23.3 Å². The van der Waals surface area contributed by atoms with Crippen molar-refractivity contribution in [3.8, 4) is 0 Å². The lowest BCUT2D eigenvalue weighted by Gasteiger charge is -2.22. The summed E-state index contributed by atoms with van der Waals surface area (Å²) in [5.41, 5.74) is 1.81. The van der Waals surface area contributed by atoms with Crippen molar-refractivity contribution in [2.45, 2.75) is 0 Å². The minimum Gasteiger partial charge on any atom is -0.478 e. The van der Waals surface area contributed by atoms with Crippen LogP contribution in [0.15, 0.2) is 53.0 Å². The standard InChI is InChI=1S/C16H13BrFNO2/c1-19(15-5-3-2-4-13(15)18)14-8-7-12(17)10-11(14)6-9-16(20)21/h2-10H,1H3,(H,20,21)/b9-6+. The van der Waals surface area contributed by atoms with E-state index in [9.17, 15) is 9.18 Å². The fraction of sp³-hybridized carbons (Fsp3) is 0.0625. The molecule has 0 atom stereocenters. The normalized spacial score (nSPS) is 10.8. The molecule has 0 aromatic heterocycles. The summed E-state index contributed by atoms with van der Waals surface area (Å²) < 4.78 is 14.7. The first-order valence-corrected chi connectivity index (χ1v) is 6.97. The molecular formula is C16H13BrFNO2. The Morgan fingerprint density at radius 3 is 2.62 bits per heavy atom. The van der Waals surface area contributed by atoms with E-state index in [0.29, 0.717) is 16.9 Å². The predicted octanol–water partition coefficient (Wildman–Crippen LogP) is 4.45. The highest BCUT2D eigenvalue weighted by atomic mass is 79.9. The van der Waals surface area contributed by atoms with Crippen LogP contribution in [-0.2, 0) is 4.79 Å². The fourth-order valence-corrected chi connectivity index (χ4v) is 2.36. The Bertz CT molecular complexity index is 700. The second-order valence-electron chi connectivity index (χ2n) is 4.39. The molecule has 1 N–H and O–H groups in total. The lowest BCUT2D eigenvalue weighted by atomic mass is 10.1. The molecule has 0 radical (unpaired) electrons. The summed E-state index contributed by atoms with van der Waals surface area (Å²) >= 11 is 3.35. The molecule has 5 heteroatoms. The van der Waals surface area contributed by atoms with Crippen molar-refractivity contribution in [1.29, 1.82) is 0 Å². The maximum absolute atomic E-state index is 13.9. The largest absolute Gasteiger partial charge is 0.478 e. The predicted molar refractivity (Wildman–Crippen MR) is 85.3 cm³/mol. The second-order valence-corrected chi connectivity index (χ2v) is 5.30. The molecule has 0 bridgehead atoms. The van der Waals surface area contributed by atoms with Crippen molar-refractivity contribution in [3.63, 3.8) is 0 Å². The van der Waals surface area contributed by atoms with E-state index in [4.69, 9.17) is 5.11 Å². The third-order valence-electron chi connectivity index (χ3n) is 2.97. The van der Waals surface area contributed by atoms with Gasteiger partial charge in [-0.05, 0) is 42.0 Å². The molecular weight excluding hydrogens is 337 g/mol. The minimum atomic E-state index is -1.03. The molecule has 2 aromatic rings. The van der Waals surface area contributed by atoms with Gasteiger partial charge in [-0.2, -0.15) is 0 Å². The SMILES string of the molecule is CN(c1ccccc1F)c1ccc(Br)cc1/C=C/C(=O)O. The van der Waals surface area contributed by atoms with Gasteiger partial charge in [0.25, 0.3) is 0 Å². The highest BCUT2D eigenvalue weighted by Crippen LogP contribution is 2.31. The van der Waals surface area contributed by atoms with Crippen molar-refractivity contribution in [1.82, 2.24) is 0 Å². The van der Waals surface area contributed by atoms with E-state index in [1.54, 1.807) is 42.3 Å². The highest BCUT2D eigenvalue weighted by molar-refractivity contribution is 9.10. The Hall–Kier alpha value is -2.14. The molecule has 2 rings (SSSR count). The van der Waals surface area contributed by atoms with E-state index in [2.05, 4.69) is 15.9 Å². The van der Waals surface area contributed by atoms with E-state index in [0.717, 1.165) is 10.5 Å². The van der Waals surface area contributed by atoms with E-state index in [-0.39, 0.29) is 5.82 Å². The van der Waals surface area contributed by atoms with Crippen molar-refractivity contribution >= 4 is 39.4 Å². The van der Waals surface area contributed by atoms with Gasteiger partial charge in [-0.1, -0.05) is 28.1 Å². The molecule has 108 valence electrons. The van der Waals surface area contributed by atoms with E-state index >= 15 is 0 Å². The zero-order valence-electron chi connectivity index (χ0n) is 11.3. The van der Waals surface area contributed by atoms with Gasteiger partial charge in [-0.25, -0.2) is 9.18 Å². The molecule has 0 heterocycles. The van der Waals surface area contributed by atoms with Crippen LogP contribution in [0.25, 0.3) is 6.08 Å². The van der Waals surface area contributed by atoms with Crippen LogP contribution in [-0.4, -0.2) is 18.1 Å². The Kier molecular flexibility index (Phi) is 4.75. The molecule has 2 aromatic carbocycles. The van der Waals surface area contributed by atoms with Gasteiger partial charge in [0.1, 0.15) is 5.82 Å². The first kappa shape index (κ1) is 15.3. The lowest BCUT2D eigenvalue weighted by molar-refractivity contribution is -0.131. The van der Waals surface area contributed by atoms with Crippen LogP contribution in [0.3, 0.4) is 0 Å². The molecule has 0 fully saturated rings. The molecule has 0 spiro atoms. The maximum Gasteiger partial charge on any atom is 0.328 e. The first-order valence-electron chi connectivity index (χ1n) is 6.18. The van der Waals surface area contributed by atoms with Crippen molar-refractivity contribution < 1.29 is 14.3 Å². The second kappa shape index (κ2) is 6.54. The summed E-state index contributed by atoms with van der Waals surface area (Å²) in [5, 5.41) is 8.76. The van der Waals surface area contributed by atoms with Gasteiger partial charge in [-0.15, -0.1) is 0 Å². The summed E-state index contributed by atoms with van der Waals surface area (Å²) in [6.07, 6.45) is 2.54. The van der Waals surface area contributed by atoms with Crippen LogP contribution in [0.2, 0.25) is 0 Å². The van der Waals surface area contributed by atoms with Crippen molar-refractivity contribution in [2.24, 2.45) is 0 Å². The number of anilines is 2. The number of carboxylic acids is 1. The quantitative estimate of drug-likeness (QED) is 0.828. The van der Waals surface area contributed by atoms with Crippen molar-refractivity contribution in [3.05, 3.63) is 64.4 Å². The summed E-state index contributed by atoms with van der Waals surface area (Å²) in [5.74, 6) is -1.37. The average molecular weight is 350 g/mol. The number of hydrogen-bond acceptors (Lipinski definition) is 2. The Morgan fingerprint density at radius 2 is 1.95 bits per heavy atom. The van der Waals surface area contributed by atoms with Gasteiger partial charge in [0.2, 0.25) is 0 Å². The Balaban J connectivity index is 2.48. The van der Waals surface area contributed by atoms with Crippen molar-refractivity contribution in [2.75, 3.05) is 11.9 Å². The van der Waals surface area contributed by atoms with Crippen LogP contribution >= 0.6 is 15.9 Å². The summed E-state index contributed by atoms with van der Waals surface area (Å²) in [4.78, 5) is 12.4. The maximum atomic E-state index is 13.9. The van der Waals surface area contributed by atoms with Crippen LogP contribution in [0.4, 0.5) is 15.8 Å². The number of hydrogen-bond donors (Lipinski definition) is 1. The number of nitrogens with zero attached hydrogens (tertiary/aromatic N) is 1. The third-order valence-corrected chi connectivity index (χ3v) is 3.46. The van der Waals surface area contributed by atoms with Gasteiger partial charge in [0.15, 0.2) is 0 Å². The number of halogens is 2. The Labute approximate surface area is 130 Å². The lowest BCUT2D eigenvalue weighted by Crippen LogP contribution is -2.12. The van der Waals surface area contributed by atoms with Crippen LogP contribution in [0, 0.1) is 5.82 Å². The zero-order valence-corrected chi connectivity index (χ0v) is 12.8. The summed E-state index contributed by atoms with van der Waals surface area (Å²) in [7, 11) is 1.74. The minimum absolute atomic E-state index is 0.337. The molecule has 0 saturated heterocycles. The van der Waals surface area contributed by atoms with Gasteiger partial charge in [0.05, 0.1) is 5.69 Å². The number of para-hydroxylation sites is 1. The van der Waals surface area contributed by atoms with Gasteiger partial charge in [-0.3, -0.25) is 0 Å². The van der Waals surface area contributed by atoms with Gasteiger partial charge < -0.3 is 10.0 Å². The fourth-order valence-electron chi connectivity index (χ4n) is 1.98. The molecule has 0 aliphatic heterocycles. The number of rotatable bonds is 4. The van der Waals surface area contributed by atoms with Crippen LogP contribution in [0.5, 0.6) is 0 Å². The smallest absolute Gasteiger partial charge is 0.328 e. The first-order chi connectivity index (χ1) is 9.99. The van der Waals surface area contributed by atoms with Crippen LogP contribution < -0.4 is 4.90 Å². The molecule has 0 aliphatic rings. The van der Waals surface area contributed by atoms with Crippen LogP contribution in [0.1, 0.15) is 5.56 Å². The van der Waals surface area contributed by atoms with Gasteiger partial charge >= 0.3 is 5.97 Å². The summed E-state index contributed by atoms with van der Waals surface area (Å²) in [6.45, 7) is 0. The van der Waals surface area contributed by atoms with E-state index < -0.39 is 5.97 Å². The Morgan fingerprint density at radius 1 is 1.24 bits per heavy atom. The molecule has 0 aliphatic carbocycles. The average Bonchev–Trinajstić information content (AvgIpc) is 2.45. The summed E-state index contributed by atoms with van der Waals surface area (Å²) in [6, 6.07) is 11.8. The number of benzene rings is 2. The monoisotopic (exact) mass is 349 g/mol. The number of aliphatic carboxylic acids is 1.